The summed E-state index contributed by atoms with van der Waals surface area (Å²) >= 11 is 0. The summed E-state index contributed by atoms with van der Waals surface area (Å²) < 4.78 is 22.2. The second kappa shape index (κ2) is 5.95. The van der Waals surface area contributed by atoms with Crippen LogP contribution in [0.3, 0.4) is 0 Å². The maximum absolute atomic E-state index is 10.8. The quantitative estimate of drug-likeness (QED) is 0.395. The van der Waals surface area contributed by atoms with Crippen LogP contribution in [0.15, 0.2) is 16.3 Å². The zero-order chi connectivity index (χ0) is 17.8. The van der Waals surface area contributed by atoms with Gasteiger partial charge in [-0.25, -0.2) is 19.5 Å². The van der Waals surface area contributed by atoms with E-state index < -0.39 is 39.0 Å². The molecule has 4 atom stereocenters. The van der Waals surface area contributed by atoms with Gasteiger partial charge in [0.2, 0.25) is 0 Å². The molecule has 0 spiro atoms. The van der Waals surface area contributed by atoms with Crippen molar-refractivity contribution in [2.24, 2.45) is 9.98 Å². The van der Waals surface area contributed by atoms with E-state index in [1.54, 1.807) is 6.21 Å². The molecule has 12 nitrogen and oxygen atoms in total. The molecule has 3 aliphatic heterocycles. The average Bonchev–Trinajstić information content (AvgIpc) is 3.23. The fraction of sp³-hybridized carbons (Fsp3) is 0.583. The number of hydrogen-bond donors (Lipinski definition) is 4. The summed E-state index contributed by atoms with van der Waals surface area (Å²) in [6.45, 7) is 0.459. The Balaban J connectivity index is 1.63. The summed E-state index contributed by atoms with van der Waals surface area (Å²) in [6.07, 6.45) is -1.67. The predicted octanol–water partition coefficient (Wildman–Crippen LogP) is -3.35. The number of aliphatic hydroxyl groups excluding tert-OH is 2. The lowest BCUT2D eigenvalue weighted by atomic mass is 10.1. The molecule has 4 rings (SSSR count). The number of aromatic nitrogens is 2. The van der Waals surface area contributed by atoms with Gasteiger partial charge >= 0.3 is 7.82 Å². The monoisotopic (exact) mass is 373 g/mol. The molecular weight excluding hydrogens is 357 g/mol. The van der Waals surface area contributed by atoms with Crippen LogP contribution >= 0.6 is 7.82 Å². The van der Waals surface area contributed by atoms with Crippen molar-refractivity contribution >= 4 is 19.9 Å². The van der Waals surface area contributed by atoms with E-state index in [1.165, 1.54) is 10.9 Å². The van der Waals surface area contributed by atoms with Gasteiger partial charge in [-0.15, -0.1) is 0 Å². The van der Waals surface area contributed by atoms with Crippen molar-refractivity contribution in [1.29, 1.82) is 0 Å². The molecule has 1 fully saturated rings. The standard InChI is InChI=1S/C12H16N5O7P/c18-8-6(3-23-25(20,21)22)24-12(9(8)19)17-5-14-7-10-13-1-2-16(10)4-15-11(7)17/h1,5-6,8-9,12,18-19H,2-4H2,(H2,20,21,22)/t6-,8-,9-,12-/m1/s1. The number of rotatable bonds is 4. The predicted molar refractivity (Wildman–Crippen MR) is 80.4 cm³/mol. The molecule has 3 aliphatic rings. The minimum atomic E-state index is -4.71. The summed E-state index contributed by atoms with van der Waals surface area (Å²) in [5, 5.41) is 20.9. The van der Waals surface area contributed by atoms with Crippen LogP contribution in [0.2, 0.25) is 0 Å². The van der Waals surface area contributed by atoms with Crippen molar-refractivity contribution in [3.8, 4) is 0 Å². The highest BCUT2D eigenvalue weighted by molar-refractivity contribution is 7.46. The molecule has 25 heavy (non-hydrogen) atoms. The van der Waals surface area contributed by atoms with Gasteiger partial charge in [0.25, 0.3) is 0 Å². The Morgan fingerprint density at radius 1 is 1.36 bits per heavy atom. The lowest BCUT2D eigenvalue weighted by Gasteiger charge is -2.19. The Bertz CT molecular complexity index is 879. The minimum absolute atomic E-state index is 0.379. The number of aliphatic imine (C=N–C) groups is 1. The molecule has 0 saturated carbocycles. The Labute approximate surface area is 140 Å². The third-order valence-corrected chi connectivity index (χ3v) is 4.69. The fourth-order valence-electron chi connectivity index (χ4n) is 3.00. The second-order valence-corrected chi connectivity index (χ2v) is 7.05. The van der Waals surface area contributed by atoms with Crippen molar-refractivity contribution in [3.05, 3.63) is 17.2 Å². The number of ether oxygens (including phenoxy) is 1. The Hall–Kier alpha value is -1.66. The molecule has 136 valence electrons. The smallest absolute Gasteiger partial charge is 0.387 e. The van der Waals surface area contributed by atoms with E-state index in [2.05, 4.69) is 19.5 Å². The van der Waals surface area contributed by atoms with Crippen molar-refractivity contribution < 1.29 is 33.8 Å². The third kappa shape index (κ3) is 2.91. The first-order valence-electron chi connectivity index (χ1n) is 7.46. The molecule has 0 amide bonds. The zero-order valence-electron chi connectivity index (χ0n) is 12.8. The Morgan fingerprint density at radius 2 is 2.16 bits per heavy atom. The van der Waals surface area contributed by atoms with Gasteiger partial charge in [0.15, 0.2) is 17.5 Å². The summed E-state index contributed by atoms with van der Waals surface area (Å²) in [5.41, 5.74) is 0.457. The highest BCUT2D eigenvalue weighted by atomic mass is 31.2. The van der Waals surface area contributed by atoms with Gasteiger partial charge in [0.1, 0.15) is 30.3 Å². The summed E-state index contributed by atoms with van der Waals surface area (Å²) in [7, 11) is -4.71. The molecule has 4 N–H and O–H groups in total. The second-order valence-electron chi connectivity index (χ2n) is 5.81. The molecule has 1 aromatic rings. The normalized spacial score (nSPS) is 31.2. The average molecular weight is 373 g/mol. The first kappa shape index (κ1) is 16.8. The molecule has 1 aromatic heterocycles. The number of hydrogen-bond acceptors (Lipinski definition) is 9. The minimum Gasteiger partial charge on any atom is -0.387 e. The number of aliphatic hydroxyl groups is 2. The first-order chi connectivity index (χ1) is 11.8. The van der Waals surface area contributed by atoms with Gasteiger partial charge in [-0.3, -0.25) is 9.09 Å². The molecular formula is C12H16N5O7P. The third-order valence-electron chi connectivity index (χ3n) is 4.20. The molecule has 0 radical (unpaired) electrons. The summed E-state index contributed by atoms with van der Waals surface area (Å²) in [4.78, 5) is 32.4. The van der Waals surface area contributed by atoms with Gasteiger partial charge in [0, 0.05) is 6.21 Å². The highest BCUT2D eigenvalue weighted by Gasteiger charge is 2.45. The van der Waals surface area contributed by atoms with E-state index >= 15 is 0 Å². The van der Waals surface area contributed by atoms with Crippen LogP contribution in [-0.2, 0) is 13.8 Å². The number of phosphoric acid groups is 1. The Morgan fingerprint density at radius 3 is 2.92 bits per heavy atom. The van der Waals surface area contributed by atoms with E-state index in [-0.39, 0.29) is 0 Å². The number of fused-ring (bicyclic) bond motifs is 2. The zero-order valence-corrected chi connectivity index (χ0v) is 13.7. The van der Waals surface area contributed by atoms with Crippen LogP contribution in [0.5, 0.6) is 0 Å². The van der Waals surface area contributed by atoms with Crippen molar-refractivity contribution in [1.82, 2.24) is 14.5 Å². The van der Waals surface area contributed by atoms with Crippen LogP contribution in [0.1, 0.15) is 6.23 Å². The summed E-state index contributed by atoms with van der Waals surface area (Å²) in [5.74, 6) is 0.679. The van der Waals surface area contributed by atoms with Gasteiger partial charge in [-0.2, -0.15) is 0 Å². The molecule has 0 aromatic carbocycles. The van der Waals surface area contributed by atoms with Gasteiger partial charge in [-0.05, 0) is 0 Å². The molecule has 13 heteroatoms. The number of phosphoric ester groups is 1. The lowest BCUT2D eigenvalue weighted by Crippen LogP contribution is -2.43. The first-order valence-corrected chi connectivity index (χ1v) is 8.99. The molecule has 0 bridgehead atoms. The van der Waals surface area contributed by atoms with Crippen LogP contribution < -0.4 is 10.8 Å². The van der Waals surface area contributed by atoms with Gasteiger partial charge < -0.3 is 29.6 Å². The highest BCUT2D eigenvalue weighted by Crippen LogP contribution is 2.38. The topological polar surface area (TPSA) is 162 Å². The number of nitrogens with zero attached hydrogens (tertiary/aromatic N) is 5. The van der Waals surface area contributed by atoms with Crippen molar-refractivity contribution in [2.75, 3.05) is 19.8 Å². The molecule has 0 unspecified atom stereocenters. The number of imidazole rings is 1. The fourth-order valence-corrected chi connectivity index (χ4v) is 3.35. The lowest BCUT2D eigenvalue weighted by molar-refractivity contribution is -0.0539. The maximum atomic E-state index is 10.8. The van der Waals surface area contributed by atoms with Crippen LogP contribution in [0, 0.1) is 0 Å². The van der Waals surface area contributed by atoms with Crippen molar-refractivity contribution in [3.63, 3.8) is 0 Å². The van der Waals surface area contributed by atoms with E-state index in [0.717, 1.165) is 0 Å². The van der Waals surface area contributed by atoms with E-state index in [4.69, 9.17) is 14.5 Å². The van der Waals surface area contributed by atoms with Crippen molar-refractivity contribution in [2.45, 2.75) is 24.5 Å². The van der Waals surface area contributed by atoms with Gasteiger partial charge in [-0.1, -0.05) is 0 Å². The maximum Gasteiger partial charge on any atom is 0.469 e. The van der Waals surface area contributed by atoms with Gasteiger partial charge in [0.05, 0.1) is 19.5 Å². The molecule has 4 heterocycles. The summed E-state index contributed by atoms with van der Waals surface area (Å²) in [6, 6.07) is 0. The van der Waals surface area contributed by atoms with E-state index in [9.17, 15) is 14.8 Å². The van der Waals surface area contributed by atoms with Crippen LogP contribution in [0.25, 0.3) is 5.82 Å². The molecule has 0 aliphatic carbocycles. The van der Waals surface area contributed by atoms with Crippen LogP contribution in [-0.4, -0.2) is 78.8 Å². The largest absolute Gasteiger partial charge is 0.469 e. The van der Waals surface area contributed by atoms with E-state index in [1.807, 2.05) is 4.90 Å². The van der Waals surface area contributed by atoms with Crippen LogP contribution in [0.4, 0.5) is 0 Å². The SMILES string of the molecule is O=P(O)(O)OC[C@H]1O[C@@H](n2cnc3c2=NCN2CC=NC=32)[C@H](O)[C@@H]1O. The Kier molecular flexibility index (Phi) is 4.00. The molecule has 1 saturated heterocycles. The van der Waals surface area contributed by atoms with E-state index in [0.29, 0.717) is 29.9 Å².